The number of carbonyl (C=O) groups excluding carboxylic acids is 1. The molecule has 1 aromatic heterocycles. The summed E-state index contributed by atoms with van der Waals surface area (Å²) in [5.41, 5.74) is 1.10. The molecule has 0 atom stereocenters. The van der Waals surface area contributed by atoms with Gasteiger partial charge in [-0.25, -0.2) is 13.1 Å². The predicted octanol–water partition coefficient (Wildman–Crippen LogP) is 3.60. The molecule has 1 amide bonds. The normalized spacial score (nSPS) is 15.8. The Labute approximate surface area is 173 Å². The van der Waals surface area contributed by atoms with Crippen LogP contribution in [0, 0.1) is 0 Å². The molecule has 1 aromatic carbocycles. The summed E-state index contributed by atoms with van der Waals surface area (Å²) in [6.45, 7) is 1.16. The summed E-state index contributed by atoms with van der Waals surface area (Å²) in [6.07, 6.45) is 1.27. The van der Waals surface area contributed by atoms with E-state index < -0.39 is 10.0 Å². The molecule has 3 rings (SSSR count). The van der Waals surface area contributed by atoms with Crippen molar-refractivity contribution < 1.29 is 13.2 Å². The third kappa shape index (κ3) is 5.96. The maximum absolute atomic E-state index is 12.4. The first-order valence-corrected chi connectivity index (χ1v) is 12.5. The van der Waals surface area contributed by atoms with Crippen LogP contribution in [0.4, 0.5) is 0 Å². The SMILES string of the molecule is O=C(CSCc1cccc(Cl)c1)N1CCC(NS(=O)(=O)c2cccs2)CC1. The Morgan fingerprint density at radius 3 is 2.70 bits per heavy atom. The van der Waals surface area contributed by atoms with Gasteiger partial charge in [0.15, 0.2) is 0 Å². The maximum atomic E-state index is 12.4. The Morgan fingerprint density at radius 2 is 2.04 bits per heavy atom. The maximum Gasteiger partial charge on any atom is 0.250 e. The molecule has 0 bridgehead atoms. The van der Waals surface area contributed by atoms with Crippen LogP contribution >= 0.6 is 34.7 Å². The van der Waals surface area contributed by atoms with Crippen molar-refractivity contribution in [3.63, 3.8) is 0 Å². The van der Waals surface area contributed by atoms with E-state index in [1.165, 1.54) is 11.3 Å². The van der Waals surface area contributed by atoms with E-state index in [1.807, 2.05) is 29.2 Å². The van der Waals surface area contributed by atoms with Crippen LogP contribution in [0.1, 0.15) is 18.4 Å². The number of thiophene rings is 1. The molecule has 27 heavy (non-hydrogen) atoms. The van der Waals surface area contributed by atoms with Crippen LogP contribution in [0.15, 0.2) is 46.0 Å². The number of amides is 1. The lowest BCUT2D eigenvalue weighted by molar-refractivity contribution is -0.129. The third-order valence-electron chi connectivity index (χ3n) is 4.31. The number of hydrogen-bond acceptors (Lipinski definition) is 5. The van der Waals surface area contributed by atoms with Crippen LogP contribution in [-0.4, -0.2) is 44.1 Å². The highest BCUT2D eigenvalue weighted by molar-refractivity contribution is 7.99. The van der Waals surface area contributed by atoms with Gasteiger partial charge in [0, 0.05) is 29.9 Å². The standard InChI is InChI=1S/C18H21ClN2O3S3/c19-15-4-1-3-14(11-15)12-25-13-17(22)21-8-6-16(7-9-21)20-27(23,24)18-5-2-10-26-18/h1-5,10-11,16,20H,6-9,12-13H2. The summed E-state index contributed by atoms with van der Waals surface area (Å²) < 4.78 is 27.7. The van der Waals surface area contributed by atoms with Crippen LogP contribution in [0.25, 0.3) is 0 Å². The fraction of sp³-hybridized carbons (Fsp3) is 0.389. The number of thioether (sulfide) groups is 1. The molecule has 0 radical (unpaired) electrons. The molecule has 1 fully saturated rings. The van der Waals surface area contributed by atoms with Crippen molar-refractivity contribution in [2.45, 2.75) is 28.8 Å². The van der Waals surface area contributed by atoms with Gasteiger partial charge in [-0.05, 0) is 42.0 Å². The minimum atomic E-state index is -3.45. The lowest BCUT2D eigenvalue weighted by Gasteiger charge is -2.32. The van der Waals surface area contributed by atoms with Crippen LogP contribution in [0.5, 0.6) is 0 Å². The van der Waals surface area contributed by atoms with Gasteiger partial charge in [-0.15, -0.1) is 23.1 Å². The lowest BCUT2D eigenvalue weighted by atomic mass is 10.1. The zero-order valence-electron chi connectivity index (χ0n) is 14.6. The van der Waals surface area contributed by atoms with Gasteiger partial charge in [-0.3, -0.25) is 4.79 Å². The number of hydrogen-bond donors (Lipinski definition) is 1. The monoisotopic (exact) mass is 444 g/mol. The van der Waals surface area contributed by atoms with Gasteiger partial charge in [-0.2, -0.15) is 0 Å². The number of benzene rings is 1. The molecule has 1 aliphatic rings. The van der Waals surface area contributed by atoms with E-state index in [0.717, 1.165) is 11.3 Å². The minimum Gasteiger partial charge on any atom is -0.342 e. The zero-order valence-corrected chi connectivity index (χ0v) is 17.8. The molecular formula is C18H21ClN2O3S3. The minimum absolute atomic E-state index is 0.0987. The van der Waals surface area contributed by atoms with Gasteiger partial charge in [0.1, 0.15) is 4.21 Å². The van der Waals surface area contributed by atoms with Crippen molar-refractivity contribution in [2.75, 3.05) is 18.8 Å². The Morgan fingerprint density at radius 1 is 1.26 bits per heavy atom. The molecular weight excluding hydrogens is 424 g/mol. The zero-order chi connectivity index (χ0) is 19.3. The fourth-order valence-corrected chi connectivity index (χ4v) is 6.32. The quantitative estimate of drug-likeness (QED) is 0.708. The van der Waals surface area contributed by atoms with E-state index in [-0.39, 0.29) is 11.9 Å². The number of rotatable bonds is 7. The second-order valence-electron chi connectivity index (χ2n) is 6.33. The highest BCUT2D eigenvalue weighted by Crippen LogP contribution is 2.20. The third-order valence-corrected chi connectivity index (χ3v) is 8.45. The number of halogens is 1. The second kappa shape index (κ2) is 9.43. The van der Waals surface area contributed by atoms with Crippen LogP contribution in [0.3, 0.4) is 0 Å². The summed E-state index contributed by atoms with van der Waals surface area (Å²) in [5.74, 6) is 1.25. The number of piperidine rings is 1. The smallest absolute Gasteiger partial charge is 0.250 e. The highest BCUT2D eigenvalue weighted by Gasteiger charge is 2.26. The molecule has 2 heterocycles. The molecule has 1 aliphatic heterocycles. The Balaban J connectivity index is 1.41. The molecule has 0 aliphatic carbocycles. The lowest BCUT2D eigenvalue weighted by Crippen LogP contribution is -2.46. The average Bonchev–Trinajstić information content (AvgIpc) is 3.18. The van der Waals surface area contributed by atoms with Crippen molar-refractivity contribution in [3.05, 3.63) is 52.4 Å². The van der Waals surface area contributed by atoms with E-state index in [4.69, 9.17) is 11.6 Å². The van der Waals surface area contributed by atoms with Crippen molar-refractivity contribution in [1.29, 1.82) is 0 Å². The first-order valence-electron chi connectivity index (χ1n) is 8.60. The van der Waals surface area contributed by atoms with Crippen molar-refractivity contribution in [1.82, 2.24) is 9.62 Å². The van der Waals surface area contributed by atoms with Gasteiger partial charge >= 0.3 is 0 Å². The fourth-order valence-electron chi connectivity index (χ4n) is 2.91. The molecule has 0 spiro atoms. The second-order valence-corrected chi connectivity index (χ2v) is 10.6. The molecule has 9 heteroatoms. The van der Waals surface area contributed by atoms with E-state index in [9.17, 15) is 13.2 Å². The Kier molecular flexibility index (Phi) is 7.22. The number of likely N-dealkylation sites (tertiary alicyclic amines) is 1. The number of sulfonamides is 1. The summed E-state index contributed by atoms with van der Waals surface area (Å²) in [5, 5.41) is 2.45. The van der Waals surface area contributed by atoms with E-state index in [0.29, 0.717) is 40.9 Å². The van der Waals surface area contributed by atoms with Crippen LogP contribution in [-0.2, 0) is 20.6 Å². The Bertz CT molecular complexity index is 864. The van der Waals surface area contributed by atoms with E-state index >= 15 is 0 Å². The van der Waals surface area contributed by atoms with Gasteiger partial charge in [0.25, 0.3) is 0 Å². The summed E-state index contributed by atoms with van der Waals surface area (Å²) >= 11 is 8.74. The molecule has 0 unspecified atom stereocenters. The first-order chi connectivity index (χ1) is 12.9. The molecule has 1 N–H and O–H groups in total. The summed E-state index contributed by atoms with van der Waals surface area (Å²) in [6, 6.07) is 10.8. The van der Waals surface area contributed by atoms with E-state index in [2.05, 4.69) is 4.72 Å². The first kappa shape index (κ1) is 20.7. The molecule has 0 saturated carbocycles. The molecule has 146 valence electrons. The van der Waals surface area contributed by atoms with Gasteiger partial charge < -0.3 is 4.90 Å². The van der Waals surface area contributed by atoms with Crippen LogP contribution < -0.4 is 4.72 Å². The number of carbonyl (C=O) groups is 1. The van der Waals surface area contributed by atoms with Gasteiger partial charge in [0.2, 0.25) is 15.9 Å². The number of nitrogens with zero attached hydrogens (tertiary/aromatic N) is 1. The summed E-state index contributed by atoms with van der Waals surface area (Å²) in [4.78, 5) is 14.2. The topological polar surface area (TPSA) is 66.5 Å². The Hall–Kier alpha value is -1.06. The average molecular weight is 445 g/mol. The number of nitrogens with one attached hydrogen (secondary N) is 1. The van der Waals surface area contributed by atoms with Crippen molar-refractivity contribution >= 4 is 50.6 Å². The largest absolute Gasteiger partial charge is 0.342 e. The van der Waals surface area contributed by atoms with Crippen molar-refractivity contribution in [3.8, 4) is 0 Å². The highest BCUT2D eigenvalue weighted by atomic mass is 35.5. The molecule has 1 saturated heterocycles. The van der Waals surface area contributed by atoms with Gasteiger partial charge in [0.05, 0.1) is 5.75 Å². The van der Waals surface area contributed by atoms with Crippen molar-refractivity contribution in [2.24, 2.45) is 0 Å². The van der Waals surface area contributed by atoms with Gasteiger partial charge in [-0.1, -0.05) is 29.8 Å². The summed E-state index contributed by atoms with van der Waals surface area (Å²) in [7, 11) is -3.45. The predicted molar refractivity (Wildman–Crippen MR) is 112 cm³/mol. The van der Waals surface area contributed by atoms with E-state index in [1.54, 1.807) is 29.3 Å². The molecule has 2 aromatic rings. The molecule has 5 nitrogen and oxygen atoms in total. The van der Waals surface area contributed by atoms with Crippen LogP contribution in [0.2, 0.25) is 5.02 Å².